The second kappa shape index (κ2) is 7.77. The molecule has 0 aliphatic heterocycles. The van der Waals surface area contributed by atoms with E-state index in [0.717, 1.165) is 31.5 Å². The molecule has 0 fully saturated rings. The highest BCUT2D eigenvalue weighted by molar-refractivity contribution is 5.34. The molecule has 112 valence electrons. The Morgan fingerprint density at radius 1 is 1.15 bits per heavy atom. The molecule has 0 amide bonds. The number of aliphatic hydroxyl groups is 2. The van der Waals surface area contributed by atoms with E-state index in [1.165, 1.54) is 30.4 Å². The van der Waals surface area contributed by atoms with Crippen molar-refractivity contribution in [3.63, 3.8) is 0 Å². The predicted molar refractivity (Wildman–Crippen MR) is 81.9 cm³/mol. The molecule has 0 saturated carbocycles. The van der Waals surface area contributed by atoms with Crippen molar-refractivity contribution in [2.24, 2.45) is 0 Å². The zero-order valence-corrected chi connectivity index (χ0v) is 12.5. The maximum atomic E-state index is 10.3. The van der Waals surface area contributed by atoms with Gasteiger partial charge in [-0.25, -0.2) is 0 Å². The Balaban J connectivity index is 1.93. The molecule has 2 N–H and O–H groups in total. The fourth-order valence-electron chi connectivity index (χ4n) is 3.00. The molecule has 1 aliphatic rings. The van der Waals surface area contributed by atoms with Gasteiger partial charge in [-0.2, -0.15) is 0 Å². The molecule has 0 aromatic heterocycles. The molecule has 2 rings (SSSR count). The maximum absolute atomic E-state index is 10.3. The summed E-state index contributed by atoms with van der Waals surface area (Å²) in [6.45, 7) is 4.70. The average Bonchev–Trinajstić information content (AvgIpc) is 2.50. The monoisotopic (exact) mass is 277 g/mol. The summed E-state index contributed by atoms with van der Waals surface area (Å²) in [5.74, 6) is 0. The number of benzene rings is 1. The van der Waals surface area contributed by atoms with E-state index in [1.807, 2.05) is 0 Å². The lowest BCUT2D eigenvalue weighted by molar-refractivity contribution is 0.133. The van der Waals surface area contributed by atoms with E-state index in [2.05, 4.69) is 30.0 Å². The lowest BCUT2D eigenvalue weighted by atomic mass is 9.89. The SMILES string of the molecule is CCN(CCO)CCC(O)c1ccc2c(c1)CCCC2. The topological polar surface area (TPSA) is 43.7 Å². The molecule has 20 heavy (non-hydrogen) atoms. The number of fused-ring (bicyclic) bond motifs is 1. The third kappa shape index (κ3) is 4.05. The minimum absolute atomic E-state index is 0.183. The maximum Gasteiger partial charge on any atom is 0.0802 e. The Morgan fingerprint density at radius 3 is 2.60 bits per heavy atom. The van der Waals surface area contributed by atoms with Crippen molar-refractivity contribution in [3.05, 3.63) is 34.9 Å². The first-order valence-corrected chi connectivity index (χ1v) is 7.87. The molecule has 1 aliphatic carbocycles. The minimum atomic E-state index is -0.394. The van der Waals surface area contributed by atoms with Gasteiger partial charge in [0.15, 0.2) is 0 Å². The fourth-order valence-corrected chi connectivity index (χ4v) is 3.00. The van der Waals surface area contributed by atoms with Gasteiger partial charge in [-0.05, 0) is 55.3 Å². The van der Waals surface area contributed by atoms with Crippen molar-refractivity contribution < 1.29 is 10.2 Å². The number of hydrogen-bond donors (Lipinski definition) is 2. The molecular weight excluding hydrogens is 250 g/mol. The first kappa shape index (κ1) is 15.5. The third-order valence-corrected chi connectivity index (χ3v) is 4.34. The van der Waals surface area contributed by atoms with Gasteiger partial charge in [-0.15, -0.1) is 0 Å². The fraction of sp³-hybridized carbons (Fsp3) is 0.647. The molecule has 3 heteroatoms. The van der Waals surface area contributed by atoms with Crippen LogP contribution in [0.4, 0.5) is 0 Å². The van der Waals surface area contributed by atoms with E-state index in [0.29, 0.717) is 6.54 Å². The third-order valence-electron chi connectivity index (χ3n) is 4.34. The Morgan fingerprint density at radius 2 is 1.90 bits per heavy atom. The standard InChI is InChI=1S/C17H27NO2/c1-2-18(11-12-19)10-9-17(20)16-8-7-14-5-3-4-6-15(14)13-16/h7-8,13,17,19-20H,2-6,9-12H2,1H3. The van der Waals surface area contributed by atoms with Crippen LogP contribution in [-0.2, 0) is 12.8 Å². The minimum Gasteiger partial charge on any atom is -0.395 e. The first-order chi connectivity index (χ1) is 9.74. The predicted octanol–water partition coefficient (Wildman–Crippen LogP) is 2.30. The Kier molecular flexibility index (Phi) is 6.02. The summed E-state index contributed by atoms with van der Waals surface area (Å²) in [5.41, 5.74) is 3.93. The smallest absolute Gasteiger partial charge is 0.0802 e. The molecule has 1 aromatic rings. The Labute approximate surface area is 122 Å². The second-order valence-corrected chi connectivity index (χ2v) is 5.70. The molecule has 3 nitrogen and oxygen atoms in total. The molecule has 1 atom stereocenters. The highest BCUT2D eigenvalue weighted by atomic mass is 16.3. The van der Waals surface area contributed by atoms with E-state index in [-0.39, 0.29) is 6.61 Å². The summed E-state index contributed by atoms with van der Waals surface area (Å²) in [4.78, 5) is 2.17. The molecule has 0 saturated heterocycles. The van der Waals surface area contributed by atoms with Gasteiger partial charge >= 0.3 is 0 Å². The van der Waals surface area contributed by atoms with Crippen molar-refractivity contribution in [2.45, 2.75) is 45.1 Å². The van der Waals surface area contributed by atoms with Crippen molar-refractivity contribution in [2.75, 3.05) is 26.2 Å². The van der Waals surface area contributed by atoms with Gasteiger partial charge in [0.05, 0.1) is 12.7 Å². The van der Waals surface area contributed by atoms with Crippen LogP contribution in [0.5, 0.6) is 0 Å². The van der Waals surface area contributed by atoms with Crippen molar-refractivity contribution in [3.8, 4) is 0 Å². The number of aliphatic hydroxyl groups excluding tert-OH is 2. The van der Waals surface area contributed by atoms with Crippen molar-refractivity contribution >= 4 is 0 Å². The van der Waals surface area contributed by atoms with Crippen LogP contribution in [-0.4, -0.2) is 41.4 Å². The van der Waals surface area contributed by atoms with Gasteiger partial charge in [0, 0.05) is 13.1 Å². The van der Waals surface area contributed by atoms with Gasteiger partial charge in [0.2, 0.25) is 0 Å². The number of nitrogens with zero attached hydrogens (tertiary/aromatic N) is 1. The van der Waals surface area contributed by atoms with Crippen molar-refractivity contribution in [1.82, 2.24) is 4.90 Å². The molecule has 0 bridgehead atoms. The normalized spacial score (nSPS) is 16.2. The summed E-state index contributed by atoms with van der Waals surface area (Å²) < 4.78 is 0. The zero-order valence-electron chi connectivity index (χ0n) is 12.5. The number of rotatable bonds is 7. The zero-order chi connectivity index (χ0) is 14.4. The highest BCUT2D eigenvalue weighted by Gasteiger charge is 2.14. The first-order valence-electron chi connectivity index (χ1n) is 7.87. The quantitative estimate of drug-likeness (QED) is 0.804. The van der Waals surface area contributed by atoms with E-state index >= 15 is 0 Å². The molecule has 0 spiro atoms. The summed E-state index contributed by atoms with van der Waals surface area (Å²) in [6.07, 6.45) is 5.24. The van der Waals surface area contributed by atoms with Crippen LogP contribution >= 0.6 is 0 Å². The number of hydrogen-bond acceptors (Lipinski definition) is 3. The number of likely N-dealkylation sites (N-methyl/N-ethyl adjacent to an activating group) is 1. The lowest BCUT2D eigenvalue weighted by Crippen LogP contribution is -2.28. The summed E-state index contributed by atoms with van der Waals surface area (Å²) in [6, 6.07) is 6.47. The van der Waals surface area contributed by atoms with Crippen LogP contribution in [0.25, 0.3) is 0 Å². The van der Waals surface area contributed by atoms with Crippen LogP contribution < -0.4 is 0 Å². The second-order valence-electron chi connectivity index (χ2n) is 5.70. The van der Waals surface area contributed by atoms with Crippen LogP contribution in [0.3, 0.4) is 0 Å². The molecule has 0 radical (unpaired) electrons. The van der Waals surface area contributed by atoms with Crippen LogP contribution in [0.2, 0.25) is 0 Å². The highest BCUT2D eigenvalue weighted by Crippen LogP contribution is 2.26. The Hall–Kier alpha value is -0.900. The van der Waals surface area contributed by atoms with Gasteiger partial charge in [-0.1, -0.05) is 25.1 Å². The molecule has 0 heterocycles. The van der Waals surface area contributed by atoms with Gasteiger partial charge in [0.1, 0.15) is 0 Å². The largest absolute Gasteiger partial charge is 0.395 e. The summed E-state index contributed by atoms with van der Waals surface area (Å²) in [5, 5.41) is 19.3. The molecule has 1 unspecified atom stereocenters. The average molecular weight is 277 g/mol. The van der Waals surface area contributed by atoms with E-state index < -0.39 is 6.10 Å². The summed E-state index contributed by atoms with van der Waals surface area (Å²) >= 11 is 0. The van der Waals surface area contributed by atoms with Crippen LogP contribution in [0.15, 0.2) is 18.2 Å². The van der Waals surface area contributed by atoms with Crippen molar-refractivity contribution in [1.29, 1.82) is 0 Å². The summed E-state index contributed by atoms with van der Waals surface area (Å²) in [7, 11) is 0. The lowest BCUT2D eigenvalue weighted by Gasteiger charge is -2.22. The Bertz CT molecular complexity index is 419. The van der Waals surface area contributed by atoms with E-state index in [9.17, 15) is 5.11 Å². The molecule has 1 aromatic carbocycles. The van der Waals surface area contributed by atoms with E-state index in [4.69, 9.17) is 5.11 Å². The van der Waals surface area contributed by atoms with Gasteiger partial charge in [-0.3, -0.25) is 0 Å². The van der Waals surface area contributed by atoms with Gasteiger partial charge in [0.25, 0.3) is 0 Å². The molecular formula is C17H27NO2. The van der Waals surface area contributed by atoms with Crippen LogP contribution in [0, 0.1) is 0 Å². The van der Waals surface area contributed by atoms with E-state index in [1.54, 1.807) is 0 Å². The van der Waals surface area contributed by atoms with Gasteiger partial charge < -0.3 is 15.1 Å². The van der Waals surface area contributed by atoms with Crippen LogP contribution in [0.1, 0.15) is 49.0 Å². The number of aryl methyl sites for hydroxylation is 2.